The summed E-state index contributed by atoms with van der Waals surface area (Å²) in [7, 11) is -3.95. The first-order valence-electron chi connectivity index (χ1n) is 12.3. The molecule has 198 valence electrons. The zero-order valence-electron chi connectivity index (χ0n) is 21.3. The van der Waals surface area contributed by atoms with Crippen molar-refractivity contribution in [1.29, 1.82) is 10.5 Å². The lowest BCUT2D eigenvalue weighted by molar-refractivity contribution is 0.0984. The summed E-state index contributed by atoms with van der Waals surface area (Å²) in [5, 5.41) is 18.3. The number of anilines is 1. The lowest BCUT2D eigenvalue weighted by atomic mass is 10.2. The van der Waals surface area contributed by atoms with Crippen LogP contribution in [0.2, 0.25) is 0 Å². The first-order valence-corrected chi connectivity index (χ1v) is 14.6. The number of amides is 1. The Hall–Kier alpha value is -4.16. The third-order valence-electron chi connectivity index (χ3n) is 6.06. The van der Waals surface area contributed by atoms with Crippen molar-refractivity contribution in [1.82, 2.24) is 14.3 Å². The third kappa shape index (κ3) is 6.47. The Kier molecular flexibility index (Phi) is 8.99. The van der Waals surface area contributed by atoms with E-state index in [0.717, 1.165) is 20.9 Å². The van der Waals surface area contributed by atoms with Gasteiger partial charge in [0.05, 0.1) is 39.5 Å². The van der Waals surface area contributed by atoms with Gasteiger partial charge in [-0.15, -0.1) is 0 Å². The van der Waals surface area contributed by atoms with Crippen LogP contribution >= 0.6 is 11.3 Å². The number of fused-ring (bicyclic) bond motifs is 1. The van der Waals surface area contributed by atoms with Crippen molar-refractivity contribution in [3.8, 4) is 12.1 Å². The minimum absolute atomic E-state index is 0.00558. The van der Waals surface area contributed by atoms with E-state index in [4.69, 9.17) is 15.5 Å². The molecule has 2 heterocycles. The van der Waals surface area contributed by atoms with E-state index < -0.39 is 10.0 Å². The van der Waals surface area contributed by atoms with Gasteiger partial charge in [-0.05, 0) is 60.5 Å². The van der Waals surface area contributed by atoms with Crippen molar-refractivity contribution in [2.75, 3.05) is 18.0 Å². The fourth-order valence-electron chi connectivity index (χ4n) is 3.95. The Morgan fingerprint density at radius 3 is 2.33 bits per heavy atom. The average molecular weight is 559 g/mol. The minimum Gasteiger partial charge on any atom is -0.278 e. The average Bonchev–Trinajstić information content (AvgIpc) is 3.39. The van der Waals surface area contributed by atoms with Crippen LogP contribution in [0.1, 0.15) is 41.4 Å². The van der Waals surface area contributed by atoms with Gasteiger partial charge in [-0.1, -0.05) is 30.4 Å². The van der Waals surface area contributed by atoms with Crippen molar-refractivity contribution >= 4 is 42.6 Å². The number of nitrogens with zero attached hydrogens (tertiary/aromatic N) is 6. The van der Waals surface area contributed by atoms with Crippen LogP contribution in [0, 0.1) is 22.7 Å². The number of pyridine rings is 1. The zero-order chi connectivity index (χ0) is 27.8. The molecule has 9 nitrogen and oxygen atoms in total. The largest absolute Gasteiger partial charge is 0.278 e. The SMILES string of the molecule is CCc1ccc2nc(N(Cc3ccccn3)C(=O)c3ccc(S(=O)(=O)N(CCC#N)CCC#N)cc3)sc2c1. The molecule has 2 aromatic heterocycles. The van der Waals surface area contributed by atoms with Crippen LogP contribution in [0.5, 0.6) is 0 Å². The second-order valence-corrected chi connectivity index (χ2v) is 11.6. The van der Waals surface area contributed by atoms with Gasteiger partial charge in [0.25, 0.3) is 5.91 Å². The van der Waals surface area contributed by atoms with Gasteiger partial charge >= 0.3 is 0 Å². The van der Waals surface area contributed by atoms with Crippen molar-refractivity contribution in [2.24, 2.45) is 0 Å². The summed E-state index contributed by atoms with van der Waals surface area (Å²) in [6.07, 6.45) is 2.56. The van der Waals surface area contributed by atoms with E-state index in [9.17, 15) is 13.2 Å². The van der Waals surface area contributed by atoms with Gasteiger partial charge in [0.2, 0.25) is 10.0 Å². The predicted molar refractivity (Wildman–Crippen MR) is 149 cm³/mol. The Morgan fingerprint density at radius 2 is 1.72 bits per heavy atom. The Labute approximate surface area is 231 Å². The summed E-state index contributed by atoms with van der Waals surface area (Å²) in [5.74, 6) is -0.342. The van der Waals surface area contributed by atoms with Gasteiger partial charge in [-0.3, -0.25) is 14.7 Å². The lowest BCUT2D eigenvalue weighted by Gasteiger charge is -2.21. The van der Waals surface area contributed by atoms with Gasteiger partial charge in [-0.2, -0.15) is 14.8 Å². The normalized spacial score (nSPS) is 11.3. The van der Waals surface area contributed by atoms with E-state index in [0.29, 0.717) is 16.4 Å². The van der Waals surface area contributed by atoms with E-state index in [2.05, 4.69) is 18.0 Å². The summed E-state index contributed by atoms with van der Waals surface area (Å²) in [5.41, 5.74) is 2.95. The molecule has 0 saturated carbocycles. The number of hydrogen-bond acceptors (Lipinski definition) is 8. The van der Waals surface area contributed by atoms with Crippen LogP contribution in [0.4, 0.5) is 5.13 Å². The summed E-state index contributed by atoms with van der Waals surface area (Å²) in [6, 6.07) is 21.1. The number of benzene rings is 2. The van der Waals surface area contributed by atoms with Crippen molar-refractivity contribution in [2.45, 2.75) is 37.6 Å². The Morgan fingerprint density at radius 1 is 1.00 bits per heavy atom. The number of nitriles is 2. The number of hydrogen-bond donors (Lipinski definition) is 0. The molecule has 4 aromatic rings. The maximum Gasteiger partial charge on any atom is 0.260 e. The van der Waals surface area contributed by atoms with Crippen LogP contribution in [-0.2, 0) is 23.0 Å². The van der Waals surface area contributed by atoms with E-state index in [-0.39, 0.29) is 43.3 Å². The molecule has 11 heteroatoms. The number of aryl methyl sites for hydroxylation is 1. The van der Waals surface area contributed by atoms with E-state index in [1.807, 2.05) is 36.4 Å². The molecule has 2 aromatic carbocycles. The first-order chi connectivity index (χ1) is 18.9. The molecule has 0 aliphatic carbocycles. The Balaban J connectivity index is 1.66. The van der Waals surface area contributed by atoms with Gasteiger partial charge in [-0.25, -0.2) is 13.4 Å². The summed E-state index contributed by atoms with van der Waals surface area (Å²) < 4.78 is 28.4. The third-order valence-corrected chi connectivity index (χ3v) is 9.01. The van der Waals surface area contributed by atoms with E-state index >= 15 is 0 Å². The molecular formula is C28H26N6O3S2. The van der Waals surface area contributed by atoms with Gasteiger partial charge in [0.15, 0.2) is 5.13 Å². The topological polar surface area (TPSA) is 131 Å². The highest BCUT2D eigenvalue weighted by Gasteiger charge is 2.26. The summed E-state index contributed by atoms with van der Waals surface area (Å²) in [4.78, 5) is 24.4. The standard InChI is InChI=1S/C28H26N6O3S2/c1-2-21-8-13-25-26(19-21)38-28(32-25)34(20-23-7-3-4-16-31-23)27(35)22-9-11-24(12-10-22)39(36,37)33(17-5-14-29)18-6-15-30/h3-4,7-13,16,19H,2,5-6,17-18,20H2,1H3. The number of rotatable bonds is 11. The fourth-order valence-corrected chi connectivity index (χ4v) is 6.42. The summed E-state index contributed by atoms with van der Waals surface area (Å²) >= 11 is 1.41. The van der Waals surface area contributed by atoms with Gasteiger partial charge < -0.3 is 0 Å². The second-order valence-electron chi connectivity index (χ2n) is 8.61. The maximum atomic E-state index is 13.8. The van der Waals surface area contributed by atoms with Gasteiger partial charge in [0, 0.05) is 37.7 Å². The van der Waals surface area contributed by atoms with Crippen molar-refractivity contribution < 1.29 is 13.2 Å². The molecule has 0 bridgehead atoms. The molecule has 1 amide bonds. The van der Waals surface area contributed by atoms with Crippen molar-refractivity contribution in [3.05, 3.63) is 83.7 Å². The number of carbonyl (C=O) groups excluding carboxylic acids is 1. The van der Waals surface area contributed by atoms with Crippen LogP contribution < -0.4 is 4.90 Å². The number of carbonyl (C=O) groups is 1. The van der Waals surface area contributed by atoms with Gasteiger partial charge in [0.1, 0.15) is 0 Å². The highest BCUT2D eigenvalue weighted by molar-refractivity contribution is 7.89. The van der Waals surface area contributed by atoms with E-state index in [1.165, 1.54) is 41.2 Å². The zero-order valence-corrected chi connectivity index (χ0v) is 23.0. The molecule has 0 radical (unpaired) electrons. The van der Waals surface area contributed by atoms with Crippen LogP contribution in [0.15, 0.2) is 71.8 Å². The monoisotopic (exact) mass is 558 g/mol. The molecule has 0 spiro atoms. The fraction of sp³-hybridized carbons (Fsp3) is 0.250. The van der Waals surface area contributed by atoms with E-state index in [1.54, 1.807) is 17.2 Å². The van der Waals surface area contributed by atoms with Crippen molar-refractivity contribution in [3.63, 3.8) is 0 Å². The smallest absolute Gasteiger partial charge is 0.260 e. The number of thiazole rings is 1. The lowest BCUT2D eigenvalue weighted by Crippen LogP contribution is -2.33. The molecule has 4 rings (SSSR count). The minimum atomic E-state index is -3.95. The second kappa shape index (κ2) is 12.6. The molecule has 0 aliphatic rings. The number of aromatic nitrogens is 2. The molecule has 39 heavy (non-hydrogen) atoms. The molecule has 0 saturated heterocycles. The predicted octanol–water partition coefficient (Wildman–Crippen LogP) is 4.92. The number of sulfonamides is 1. The van der Waals surface area contributed by atoms with Crippen LogP contribution in [0.25, 0.3) is 10.2 Å². The van der Waals surface area contributed by atoms with Crippen LogP contribution in [-0.4, -0.2) is 41.7 Å². The molecule has 0 N–H and O–H groups in total. The first kappa shape index (κ1) is 27.9. The molecule has 0 aliphatic heterocycles. The highest BCUT2D eigenvalue weighted by Crippen LogP contribution is 2.32. The summed E-state index contributed by atoms with van der Waals surface area (Å²) in [6.45, 7) is 2.24. The molecule has 0 unspecified atom stereocenters. The highest BCUT2D eigenvalue weighted by atomic mass is 32.2. The van der Waals surface area contributed by atoms with Crippen LogP contribution in [0.3, 0.4) is 0 Å². The molecule has 0 atom stereocenters. The Bertz CT molecular complexity index is 1620. The molecular weight excluding hydrogens is 532 g/mol. The molecule has 0 fully saturated rings. The quantitative estimate of drug-likeness (QED) is 0.255. The maximum absolute atomic E-state index is 13.8.